The van der Waals surface area contributed by atoms with Gasteiger partial charge in [0.2, 0.25) is 0 Å². The van der Waals surface area contributed by atoms with Crippen LogP contribution in [0.4, 0.5) is 0 Å². The summed E-state index contributed by atoms with van der Waals surface area (Å²) in [6, 6.07) is 42.8. The fourth-order valence-electron chi connectivity index (χ4n) is 16.6. The van der Waals surface area contributed by atoms with E-state index in [0.29, 0.717) is 64.2 Å². The predicted octanol–water partition coefficient (Wildman–Crippen LogP) is 27.5. The van der Waals surface area contributed by atoms with E-state index in [4.69, 9.17) is 27.1 Å². The van der Waals surface area contributed by atoms with E-state index in [1.807, 2.05) is 66.7 Å². The summed E-state index contributed by atoms with van der Waals surface area (Å²) in [6.07, 6.45) is 43.3. The van der Waals surface area contributed by atoms with Crippen LogP contribution >= 0.6 is 22.8 Å². The Morgan fingerprint density at radius 1 is 0.240 bits per heavy atom. The summed E-state index contributed by atoms with van der Waals surface area (Å²) in [5.41, 5.74) is 5.92. The maximum Gasteiger partial charge on any atom is 0.462 e. The van der Waals surface area contributed by atoms with Gasteiger partial charge in [-0.2, -0.15) is 0 Å². The number of fused-ring (bicyclic) bond motifs is 2. The van der Waals surface area contributed by atoms with Crippen LogP contribution < -0.4 is 43.1 Å². The quantitative estimate of drug-likeness (QED) is 0.0278. The van der Waals surface area contributed by atoms with Gasteiger partial charge in [-0.05, 0) is 86.3 Å². The van der Waals surface area contributed by atoms with Gasteiger partial charge >= 0.3 is 22.8 Å². The Kier molecular flexibility index (Phi) is 29.9. The number of hydrogen-bond acceptors (Lipinski definition) is 11. The van der Waals surface area contributed by atoms with Gasteiger partial charge in [0.25, 0.3) is 0 Å². The summed E-state index contributed by atoms with van der Waals surface area (Å²) in [5.74, 6) is -0.311. The Morgan fingerprint density at radius 2 is 0.423 bits per heavy atom. The highest BCUT2D eigenvalue weighted by molar-refractivity contribution is 7.63. The Morgan fingerprint density at radius 3 is 0.644 bits per heavy atom. The molecule has 0 spiro atoms. The summed E-state index contributed by atoms with van der Waals surface area (Å²) in [7, 11) is -13.3. The minimum Gasteiger partial charge on any atom is -0.508 e. The van der Waals surface area contributed by atoms with Crippen LogP contribution in [-0.2, 0) is 13.7 Å². The van der Waals surface area contributed by atoms with Gasteiger partial charge in [0.1, 0.15) is 46.0 Å². The zero-order valence-electron chi connectivity index (χ0n) is 63.3. The molecule has 0 amide bonds. The van der Waals surface area contributed by atoms with Gasteiger partial charge in [-0.3, -0.25) is 0 Å². The van der Waals surface area contributed by atoms with Gasteiger partial charge < -0.3 is 37.4 Å². The second kappa shape index (κ2) is 39.5. The number of hydrogen-bond donors (Lipinski definition) is 2. The van der Waals surface area contributed by atoms with Crippen LogP contribution in [-0.4, -0.2) is 10.2 Å². The molecule has 11 rings (SSSR count). The first kappa shape index (κ1) is 78.7. The van der Waals surface area contributed by atoms with Crippen molar-refractivity contribution in [3.05, 3.63) is 184 Å². The van der Waals surface area contributed by atoms with Gasteiger partial charge in [-0.15, -0.1) is 0 Å². The van der Waals surface area contributed by atoms with Crippen molar-refractivity contribution in [3.8, 4) is 46.0 Å². The van der Waals surface area contributed by atoms with E-state index < -0.39 is 46.5 Å². The first-order valence-electron chi connectivity index (χ1n) is 41.1. The molecule has 104 heavy (non-hydrogen) atoms. The fourth-order valence-corrected chi connectivity index (χ4v) is 21.5. The predicted molar refractivity (Wildman–Crippen MR) is 429 cm³/mol. The molecule has 0 aromatic heterocycles. The molecule has 0 fully saturated rings. The van der Waals surface area contributed by atoms with E-state index in [-0.39, 0.29) is 34.5 Å². The van der Waals surface area contributed by atoms with Crippen LogP contribution in [0.2, 0.25) is 0 Å². The van der Waals surface area contributed by atoms with Crippen molar-refractivity contribution in [2.45, 2.75) is 308 Å². The number of rotatable bonds is 43. The minimum atomic E-state index is -4.49. The molecular formula is C90H121O11P3. The van der Waals surface area contributed by atoms with E-state index >= 15 is 13.7 Å². The third kappa shape index (κ3) is 20.3. The Hall–Kier alpha value is -6.37. The van der Waals surface area contributed by atoms with Crippen molar-refractivity contribution in [2.24, 2.45) is 0 Å². The first-order chi connectivity index (χ1) is 50.9. The molecule has 3 heterocycles. The third-order valence-corrected chi connectivity index (χ3v) is 27.9. The number of benzene rings is 7. The van der Waals surface area contributed by atoms with Crippen LogP contribution in [0.25, 0.3) is 0 Å². The van der Waals surface area contributed by atoms with Crippen LogP contribution in [0.15, 0.2) is 140 Å². The largest absolute Gasteiger partial charge is 0.508 e. The van der Waals surface area contributed by atoms with Crippen molar-refractivity contribution in [3.63, 3.8) is 0 Å². The second-order valence-corrected chi connectivity index (χ2v) is 36.1. The molecule has 2 N–H and O–H groups in total. The van der Waals surface area contributed by atoms with Crippen LogP contribution in [0, 0.1) is 0 Å². The van der Waals surface area contributed by atoms with Gasteiger partial charge in [-0.1, -0.05) is 313 Å². The highest BCUT2D eigenvalue weighted by Gasteiger charge is 2.46. The molecule has 0 radical (unpaired) electrons. The van der Waals surface area contributed by atoms with Crippen molar-refractivity contribution in [2.75, 3.05) is 0 Å². The Bertz CT molecular complexity index is 3760. The summed E-state index contributed by atoms with van der Waals surface area (Å²) in [6.45, 7) is 9.04. The van der Waals surface area contributed by atoms with Crippen molar-refractivity contribution in [1.29, 1.82) is 0 Å². The lowest BCUT2D eigenvalue weighted by Crippen LogP contribution is -2.23. The van der Waals surface area contributed by atoms with E-state index in [0.717, 1.165) is 136 Å². The molecule has 5 unspecified atom stereocenters. The van der Waals surface area contributed by atoms with Crippen molar-refractivity contribution >= 4 is 38.7 Å². The molecule has 1 aliphatic carbocycles. The SMILES string of the molecule is CCCCCCCCCCCC1c2cc3c(cc2O)OP(=O)(c2ccccc2)Oc2cc4c(cc2[C@@H]3CCCCCCCCCCC)C(CCCCCCCCCCC)c2cc3c(cc2OP(=O)(c2ccccc2)O4)OP(=O)(c2ccccc2)Oc2cc(O)c1cc2[C@@H]3CCCCCCCCCCC. The van der Waals surface area contributed by atoms with Gasteiger partial charge in [0, 0.05) is 92.4 Å². The number of unbranched alkanes of at least 4 members (excludes halogenated alkanes) is 32. The maximum atomic E-state index is 16.8. The zero-order valence-corrected chi connectivity index (χ0v) is 66.0. The number of phenolic OH excluding ortho intramolecular Hbond substituents is 2. The molecule has 7 atom stereocenters. The Labute approximate surface area is 624 Å². The molecule has 0 saturated carbocycles. The van der Waals surface area contributed by atoms with Crippen molar-refractivity contribution < 1.29 is 51.1 Å². The van der Waals surface area contributed by atoms with E-state index in [1.165, 1.54) is 128 Å². The molecule has 14 heteroatoms. The van der Waals surface area contributed by atoms with Crippen LogP contribution in [0.3, 0.4) is 0 Å². The summed E-state index contributed by atoms with van der Waals surface area (Å²) >= 11 is 0. The lowest BCUT2D eigenvalue weighted by Gasteiger charge is -2.36. The van der Waals surface area contributed by atoms with Gasteiger partial charge in [-0.25, -0.2) is 13.7 Å². The van der Waals surface area contributed by atoms with Crippen LogP contribution in [0.1, 0.15) is 353 Å². The minimum absolute atomic E-state index is 0.0459. The lowest BCUT2D eigenvalue weighted by atomic mass is 9.76. The molecule has 3 aliphatic heterocycles. The first-order valence-corrected chi connectivity index (χ1v) is 45.7. The smallest absolute Gasteiger partial charge is 0.462 e. The van der Waals surface area contributed by atoms with Crippen LogP contribution in [0.5, 0.6) is 46.0 Å². The summed E-state index contributed by atoms with van der Waals surface area (Å²) < 4.78 is 92.7. The molecule has 562 valence electrons. The zero-order chi connectivity index (χ0) is 72.6. The number of phenols is 2. The van der Waals surface area contributed by atoms with Gasteiger partial charge in [0.05, 0.1) is 15.9 Å². The molecule has 4 aliphatic rings. The second-order valence-electron chi connectivity index (χ2n) is 30.5. The van der Waals surface area contributed by atoms with Crippen molar-refractivity contribution in [1.82, 2.24) is 0 Å². The average Bonchev–Trinajstić information content (AvgIpc) is 0.726. The molecule has 8 bridgehead atoms. The highest BCUT2D eigenvalue weighted by Crippen LogP contribution is 2.64. The average molecular weight is 1470 g/mol. The topological polar surface area (TPSA) is 147 Å². The molecule has 11 nitrogen and oxygen atoms in total. The summed E-state index contributed by atoms with van der Waals surface area (Å²) in [5, 5.41) is 27.4. The van der Waals surface area contributed by atoms with E-state index in [9.17, 15) is 10.2 Å². The molecule has 0 saturated heterocycles. The maximum absolute atomic E-state index is 16.8. The van der Waals surface area contributed by atoms with E-state index in [1.54, 1.807) is 48.5 Å². The molecular weight excluding hydrogens is 1350 g/mol. The fraction of sp³-hybridized carbons (Fsp3) is 0.533. The van der Waals surface area contributed by atoms with Gasteiger partial charge in [0.15, 0.2) is 0 Å². The molecule has 7 aromatic carbocycles. The normalized spacial score (nSPS) is 20.5. The lowest BCUT2D eigenvalue weighted by molar-refractivity contribution is 0.373. The molecule has 7 aromatic rings. The monoisotopic (exact) mass is 1470 g/mol. The standard InChI is InChI=1S/C90H121O11P3/c1-5-9-13-17-21-25-29-33-46-56-71-75-60-77-72(57-47-34-30-26-22-18-14-10-6-2)79-62-81-74(59-49-36-32-28-24-20-16-12-8-4)82-63-80-73(58-48-35-31-27-23-19-15-11-7-3)78-61-76(71)84(92)65-86(78)97-103(94,69-52-42-38-43-53-69)99-88(80)67-90(82)101-104(95,70-54-44-39-45-55-70)100-89(81)66-87(79)98-102(93,68-50-40-37-41-51-68)96-85(77)64-83(75)91/h37-45,50-55,60-67,71-74,91-92H,5-36,46-49,56-59H2,1-4H3/t71?,72-,73+,74?,102?,103?,104?. The summed E-state index contributed by atoms with van der Waals surface area (Å²) in [4.78, 5) is 0. The number of aromatic hydroxyl groups is 2. The third-order valence-electron chi connectivity index (χ3n) is 22.5. The van der Waals surface area contributed by atoms with E-state index in [2.05, 4.69) is 52.0 Å². The Balaban J connectivity index is 1.18. The highest BCUT2D eigenvalue weighted by atomic mass is 31.2.